The molecule has 0 unspecified atom stereocenters. The number of carbonyl (C=O) groups is 4. The third kappa shape index (κ3) is 5.30. The second-order valence-electron chi connectivity index (χ2n) is 4.67. The summed E-state index contributed by atoms with van der Waals surface area (Å²) < 4.78 is 0. The highest BCUT2D eigenvalue weighted by Crippen LogP contribution is 2.11. The first-order valence-electron chi connectivity index (χ1n) is 6.91. The van der Waals surface area contributed by atoms with E-state index in [1.54, 1.807) is 0 Å². The minimum absolute atomic E-state index is 0.0388. The Morgan fingerprint density at radius 1 is 0.545 bits per heavy atom. The number of hydrogen-bond donors (Lipinski definition) is 0. The van der Waals surface area contributed by atoms with Crippen molar-refractivity contribution in [2.45, 2.75) is 38.5 Å². The van der Waals surface area contributed by atoms with E-state index in [9.17, 15) is 19.2 Å². The van der Waals surface area contributed by atoms with Crippen LogP contribution >= 0.6 is 0 Å². The Balaban J connectivity index is 2.14. The normalized spacial score (nSPS) is 28.4. The number of hydroxylamine groups is 4. The Morgan fingerprint density at radius 2 is 0.818 bits per heavy atom. The quantitative estimate of drug-likeness (QED) is 0.595. The highest BCUT2D eigenvalue weighted by molar-refractivity contribution is 5.74. The third-order valence-electron chi connectivity index (χ3n) is 2.80. The monoisotopic (exact) mass is 316 g/mol. The lowest BCUT2D eigenvalue weighted by molar-refractivity contribution is -0.354. The molecule has 0 saturated carbocycles. The van der Waals surface area contributed by atoms with Crippen molar-refractivity contribution in [1.82, 2.24) is 10.5 Å². The average Bonchev–Trinajstić information content (AvgIpc) is 2.47. The Hall–Kier alpha value is -2.20. The van der Waals surface area contributed by atoms with Crippen LogP contribution in [0.25, 0.3) is 0 Å². The molecule has 2 aliphatic rings. The van der Waals surface area contributed by atoms with Crippen molar-refractivity contribution in [3.8, 4) is 0 Å². The van der Waals surface area contributed by atoms with Gasteiger partial charge in [0.1, 0.15) is 0 Å². The van der Waals surface area contributed by atoms with Gasteiger partial charge >= 0.3 is 23.9 Å². The summed E-state index contributed by atoms with van der Waals surface area (Å²) in [6, 6.07) is 0. The van der Waals surface area contributed by atoms with Gasteiger partial charge in [-0.15, -0.1) is 0 Å². The Kier molecular flexibility index (Phi) is 5.67. The molecule has 0 aromatic heterocycles. The molecule has 0 amide bonds. The van der Waals surface area contributed by atoms with E-state index in [2.05, 4.69) is 0 Å². The Morgan fingerprint density at radius 3 is 1.09 bits per heavy atom. The molecule has 2 bridgehead atoms. The Labute approximate surface area is 125 Å². The molecule has 10 nitrogen and oxygen atoms in total. The fraction of sp³-hybridized carbons (Fsp3) is 0.667. The lowest BCUT2D eigenvalue weighted by Crippen LogP contribution is -2.38. The van der Waals surface area contributed by atoms with E-state index >= 15 is 0 Å². The van der Waals surface area contributed by atoms with Gasteiger partial charge in [-0.25, -0.2) is 0 Å². The van der Waals surface area contributed by atoms with Crippen LogP contribution in [0.1, 0.15) is 38.5 Å². The van der Waals surface area contributed by atoms with Crippen molar-refractivity contribution in [2.75, 3.05) is 13.1 Å². The number of hydrogen-bond acceptors (Lipinski definition) is 10. The largest absolute Gasteiger partial charge is 0.333 e. The van der Waals surface area contributed by atoms with Crippen LogP contribution in [0, 0.1) is 0 Å². The highest BCUT2D eigenvalue weighted by atomic mass is 17.0. The minimum Gasteiger partial charge on any atom is -0.333 e. The zero-order valence-electron chi connectivity index (χ0n) is 11.8. The van der Waals surface area contributed by atoms with E-state index < -0.39 is 23.9 Å². The Bertz CT molecular complexity index is 388. The van der Waals surface area contributed by atoms with Gasteiger partial charge in [-0.2, -0.15) is 0 Å². The molecule has 0 spiro atoms. The van der Waals surface area contributed by atoms with Crippen LogP contribution in [0.3, 0.4) is 0 Å². The molecule has 0 atom stereocenters. The predicted molar refractivity (Wildman–Crippen MR) is 65.5 cm³/mol. The van der Waals surface area contributed by atoms with Crippen LogP contribution in [-0.2, 0) is 38.5 Å². The first-order valence-corrected chi connectivity index (χ1v) is 6.91. The standard InChI is InChI=1S/C12H16N2O8/c15-9-3-1-4-10(16)20-14-8-7-13(19-9)21-11(17)5-2-6-12(18)22-14/h1-8H2. The smallest absolute Gasteiger partial charge is 0.329 e. The van der Waals surface area contributed by atoms with E-state index in [-0.39, 0.29) is 51.6 Å². The molecule has 2 heterocycles. The van der Waals surface area contributed by atoms with E-state index in [0.29, 0.717) is 10.5 Å². The zero-order valence-corrected chi connectivity index (χ0v) is 11.8. The molecule has 0 radical (unpaired) electrons. The molecule has 2 saturated heterocycles. The van der Waals surface area contributed by atoms with E-state index in [0.717, 1.165) is 0 Å². The van der Waals surface area contributed by atoms with Crippen LogP contribution in [0.4, 0.5) is 0 Å². The molecule has 10 heteroatoms. The molecule has 2 aliphatic heterocycles. The van der Waals surface area contributed by atoms with Crippen LogP contribution in [0.2, 0.25) is 0 Å². The summed E-state index contributed by atoms with van der Waals surface area (Å²) in [6.45, 7) is -0.309. The van der Waals surface area contributed by atoms with Gasteiger partial charge in [0, 0.05) is 36.1 Å². The number of nitrogens with zero attached hydrogens (tertiary/aromatic N) is 2. The maximum atomic E-state index is 11.6. The van der Waals surface area contributed by atoms with Gasteiger partial charge in [0.25, 0.3) is 0 Å². The van der Waals surface area contributed by atoms with Gasteiger partial charge < -0.3 is 19.4 Å². The van der Waals surface area contributed by atoms with Crippen molar-refractivity contribution in [2.24, 2.45) is 0 Å². The minimum atomic E-state index is -0.638. The van der Waals surface area contributed by atoms with Crippen molar-refractivity contribution in [3.05, 3.63) is 0 Å². The first-order chi connectivity index (χ1) is 10.5. The van der Waals surface area contributed by atoms with Gasteiger partial charge in [-0.1, -0.05) is 0 Å². The van der Waals surface area contributed by atoms with Gasteiger partial charge in [0.15, 0.2) is 0 Å². The lowest BCUT2D eigenvalue weighted by atomic mass is 10.2. The fourth-order valence-electron chi connectivity index (χ4n) is 1.77. The topological polar surface area (TPSA) is 112 Å². The van der Waals surface area contributed by atoms with Crippen LogP contribution < -0.4 is 0 Å². The first kappa shape index (κ1) is 16.2. The van der Waals surface area contributed by atoms with Gasteiger partial charge in [0.05, 0.1) is 13.1 Å². The van der Waals surface area contributed by atoms with Gasteiger partial charge in [-0.3, -0.25) is 19.2 Å². The summed E-state index contributed by atoms with van der Waals surface area (Å²) in [6.07, 6.45) is 0.236. The fourth-order valence-corrected chi connectivity index (χ4v) is 1.77. The van der Waals surface area contributed by atoms with Crippen molar-refractivity contribution >= 4 is 23.9 Å². The molecule has 0 N–H and O–H groups in total. The van der Waals surface area contributed by atoms with Gasteiger partial charge in [-0.05, 0) is 12.8 Å². The number of rotatable bonds is 0. The molecule has 2 rings (SSSR count). The molecular formula is C12H16N2O8. The third-order valence-corrected chi connectivity index (χ3v) is 2.80. The number of carbonyl (C=O) groups excluding carboxylic acids is 4. The van der Waals surface area contributed by atoms with E-state index in [4.69, 9.17) is 19.4 Å². The molecule has 22 heavy (non-hydrogen) atoms. The second-order valence-corrected chi connectivity index (χ2v) is 4.67. The summed E-state index contributed by atoms with van der Waals surface area (Å²) in [5.74, 6) is -2.55. The van der Waals surface area contributed by atoms with Crippen molar-refractivity contribution in [1.29, 1.82) is 0 Å². The summed E-state index contributed by atoms with van der Waals surface area (Å²) in [5.41, 5.74) is 0. The van der Waals surface area contributed by atoms with Crippen molar-refractivity contribution < 1.29 is 38.5 Å². The summed E-state index contributed by atoms with van der Waals surface area (Å²) in [7, 11) is 0. The molecular weight excluding hydrogens is 300 g/mol. The van der Waals surface area contributed by atoms with Gasteiger partial charge in [0.2, 0.25) is 0 Å². The summed E-state index contributed by atoms with van der Waals surface area (Å²) in [4.78, 5) is 65.9. The van der Waals surface area contributed by atoms with Crippen LogP contribution in [-0.4, -0.2) is 47.4 Å². The molecule has 0 aromatic rings. The number of fused-ring (bicyclic) bond motifs is 3. The SMILES string of the molecule is O=C1CCCC(=O)ON2CCN(O1)OC(=O)CCCC(=O)O2. The maximum absolute atomic E-state index is 11.6. The molecule has 122 valence electrons. The maximum Gasteiger partial charge on any atom is 0.329 e. The molecule has 0 aliphatic carbocycles. The highest BCUT2D eigenvalue weighted by Gasteiger charge is 2.25. The van der Waals surface area contributed by atoms with E-state index in [1.165, 1.54) is 0 Å². The predicted octanol–water partition coefficient (Wildman–Crippen LogP) is -0.209. The van der Waals surface area contributed by atoms with Crippen LogP contribution in [0.15, 0.2) is 0 Å². The second kappa shape index (κ2) is 7.71. The van der Waals surface area contributed by atoms with Crippen molar-refractivity contribution in [3.63, 3.8) is 0 Å². The summed E-state index contributed by atoms with van der Waals surface area (Å²) in [5, 5.41) is 1.41. The lowest BCUT2D eigenvalue weighted by Gasteiger charge is -2.22. The zero-order chi connectivity index (χ0) is 15.9. The average molecular weight is 316 g/mol. The summed E-state index contributed by atoms with van der Waals surface area (Å²) >= 11 is 0. The van der Waals surface area contributed by atoms with Crippen LogP contribution in [0.5, 0.6) is 0 Å². The molecule has 0 aromatic carbocycles. The van der Waals surface area contributed by atoms with E-state index in [1.807, 2.05) is 0 Å². The molecule has 2 fully saturated rings.